The quantitative estimate of drug-likeness (QED) is 0.290. The van der Waals surface area contributed by atoms with Crippen molar-refractivity contribution in [1.82, 2.24) is 0 Å². The summed E-state index contributed by atoms with van der Waals surface area (Å²) < 4.78 is 33.7. The van der Waals surface area contributed by atoms with Crippen molar-refractivity contribution < 1.29 is 13.5 Å². The number of ether oxygens (including phenoxy) is 1. The number of allylic oxidation sites excluding steroid dienone is 1. The normalized spacial score (nSPS) is 31.6. The lowest BCUT2D eigenvalue weighted by Crippen LogP contribution is -2.29. The molecular weight excluding hydrogens is 450 g/mol. The molecule has 0 saturated heterocycles. The summed E-state index contributed by atoms with van der Waals surface area (Å²) in [6.07, 6.45) is 26.4. The van der Waals surface area contributed by atoms with E-state index < -0.39 is 11.6 Å². The van der Waals surface area contributed by atoms with Crippen LogP contribution in [0.5, 0.6) is 5.75 Å². The molecule has 3 aliphatic rings. The molecule has 0 amide bonds. The maximum absolute atomic E-state index is 14.4. The highest BCUT2D eigenvalue weighted by molar-refractivity contribution is 5.52. The molecular formula is C33H50F2O. The molecule has 1 aromatic carbocycles. The molecule has 1 aromatic rings. The van der Waals surface area contributed by atoms with E-state index in [2.05, 4.69) is 13.0 Å². The van der Waals surface area contributed by atoms with Gasteiger partial charge < -0.3 is 4.74 Å². The molecule has 0 aromatic heterocycles. The van der Waals surface area contributed by atoms with Gasteiger partial charge in [0.25, 0.3) is 0 Å². The Morgan fingerprint density at radius 1 is 0.722 bits per heavy atom. The van der Waals surface area contributed by atoms with Crippen LogP contribution in [0, 0.1) is 47.1 Å². The zero-order valence-electron chi connectivity index (χ0n) is 23.0. The zero-order valence-corrected chi connectivity index (χ0v) is 23.0. The van der Waals surface area contributed by atoms with Gasteiger partial charge in [-0.2, -0.15) is 4.39 Å². The average Bonchev–Trinajstić information content (AvgIpc) is 2.92. The number of unbranched alkanes of at least 4 members (excludes halogenated alkanes) is 2. The number of rotatable bonds is 10. The van der Waals surface area contributed by atoms with E-state index in [1.54, 1.807) is 19.1 Å². The highest BCUT2D eigenvalue weighted by atomic mass is 19.2. The van der Waals surface area contributed by atoms with E-state index in [4.69, 9.17) is 4.74 Å². The SMILES string of the molecule is CCCCCC1CCC(C2CCC(C3CCC(/C=C/c4ccc(OCC)c(F)c4F)CC3)CC2)CC1. The molecule has 3 heteroatoms. The van der Waals surface area contributed by atoms with Crippen LogP contribution in [0.3, 0.4) is 0 Å². The first-order valence-corrected chi connectivity index (χ1v) is 15.4. The Kier molecular flexibility index (Phi) is 10.7. The molecule has 4 rings (SSSR count). The number of benzene rings is 1. The molecule has 0 heterocycles. The highest BCUT2D eigenvalue weighted by Gasteiger charge is 2.34. The summed E-state index contributed by atoms with van der Waals surface area (Å²) in [5.41, 5.74) is 0.325. The van der Waals surface area contributed by atoms with Gasteiger partial charge in [0.1, 0.15) is 0 Å². The summed E-state index contributed by atoms with van der Waals surface area (Å²) >= 11 is 0. The summed E-state index contributed by atoms with van der Waals surface area (Å²) in [6, 6.07) is 3.16. The van der Waals surface area contributed by atoms with Crippen LogP contribution in [0.15, 0.2) is 18.2 Å². The molecule has 0 atom stereocenters. The minimum absolute atomic E-state index is 0.00234. The first-order valence-electron chi connectivity index (χ1n) is 15.4. The predicted octanol–water partition coefficient (Wildman–Crippen LogP) is 10.4. The summed E-state index contributed by atoms with van der Waals surface area (Å²) in [5.74, 6) is 3.66. The van der Waals surface area contributed by atoms with E-state index in [0.717, 1.165) is 29.6 Å². The Bertz CT molecular complexity index is 809. The monoisotopic (exact) mass is 500 g/mol. The van der Waals surface area contributed by atoms with Crippen LogP contribution in [0.4, 0.5) is 8.78 Å². The van der Waals surface area contributed by atoms with Gasteiger partial charge in [0.05, 0.1) is 6.61 Å². The standard InChI is InChI=1S/C33H50F2O/c1-3-5-6-7-24-8-13-26(14-9-24)28-18-20-29(21-19-28)27-15-10-25(11-16-27)12-17-30-22-23-31(36-4-2)33(35)32(30)34/h12,17,22-29H,3-11,13-16,18-21H2,1-2H3/b17-12+. The van der Waals surface area contributed by atoms with Crippen LogP contribution >= 0.6 is 0 Å². The van der Waals surface area contributed by atoms with Gasteiger partial charge in [-0.25, -0.2) is 4.39 Å². The second-order valence-electron chi connectivity index (χ2n) is 12.2. The van der Waals surface area contributed by atoms with Crippen LogP contribution < -0.4 is 4.74 Å². The molecule has 0 N–H and O–H groups in total. The molecule has 0 aliphatic heterocycles. The lowest BCUT2D eigenvalue weighted by molar-refractivity contribution is 0.107. The van der Waals surface area contributed by atoms with Crippen molar-refractivity contribution in [1.29, 1.82) is 0 Å². The van der Waals surface area contributed by atoms with Crippen molar-refractivity contribution in [2.75, 3.05) is 6.61 Å². The second-order valence-corrected chi connectivity index (χ2v) is 12.2. The molecule has 202 valence electrons. The largest absolute Gasteiger partial charge is 0.491 e. The summed E-state index contributed by atoms with van der Waals surface area (Å²) in [6.45, 7) is 4.41. The van der Waals surface area contributed by atoms with E-state index in [1.165, 1.54) is 109 Å². The Morgan fingerprint density at radius 3 is 1.83 bits per heavy atom. The van der Waals surface area contributed by atoms with Gasteiger partial charge in [0, 0.05) is 5.56 Å². The zero-order chi connectivity index (χ0) is 25.3. The first kappa shape index (κ1) is 27.6. The third-order valence-electron chi connectivity index (χ3n) is 10.00. The van der Waals surface area contributed by atoms with E-state index in [-0.39, 0.29) is 5.75 Å². The lowest BCUT2D eigenvalue weighted by atomic mass is 9.65. The van der Waals surface area contributed by atoms with E-state index in [9.17, 15) is 8.78 Å². The van der Waals surface area contributed by atoms with Crippen molar-refractivity contribution in [2.45, 2.75) is 117 Å². The fraction of sp³-hybridized carbons (Fsp3) is 0.758. The number of hydrogen-bond donors (Lipinski definition) is 0. The summed E-state index contributed by atoms with van der Waals surface area (Å²) in [5, 5.41) is 0. The Hall–Kier alpha value is -1.38. The molecule has 0 radical (unpaired) electrons. The van der Waals surface area contributed by atoms with Crippen LogP contribution in [-0.4, -0.2) is 6.61 Å². The first-order chi connectivity index (χ1) is 17.6. The average molecular weight is 501 g/mol. The van der Waals surface area contributed by atoms with Crippen molar-refractivity contribution in [3.63, 3.8) is 0 Å². The maximum Gasteiger partial charge on any atom is 0.201 e. The Labute approximate surface area is 219 Å². The van der Waals surface area contributed by atoms with Gasteiger partial charge >= 0.3 is 0 Å². The molecule has 36 heavy (non-hydrogen) atoms. The molecule has 3 aliphatic carbocycles. The van der Waals surface area contributed by atoms with Crippen molar-refractivity contribution in [3.8, 4) is 5.75 Å². The van der Waals surface area contributed by atoms with Gasteiger partial charge in [-0.3, -0.25) is 0 Å². The third-order valence-corrected chi connectivity index (χ3v) is 10.00. The van der Waals surface area contributed by atoms with Crippen molar-refractivity contribution >= 4 is 6.08 Å². The molecule has 3 fully saturated rings. The van der Waals surface area contributed by atoms with Gasteiger partial charge in [0.2, 0.25) is 5.82 Å². The van der Waals surface area contributed by atoms with Crippen molar-refractivity contribution in [2.24, 2.45) is 35.5 Å². The fourth-order valence-corrected chi connectivity index (χ4v) is 7.71. The van der Waals surface area contributed by atoms with Gasteiger partial charge in [0.15, 0.2) is 11.6 Å². The Balaban J connectivity index is 1.16. The van der Waals surface area contributed by atoms with Crippen LogP contribution in [-0.2, 0) is 0 Å². The smallest absolute Gasteiger partial charge is 0.201 e. The van der Waals surface area contributed by atoms with Gasteiger partial charge in [-0.15, -0.1) is 0 Å². The van der Waals surface area contributed by atoms with Gasteiger partial charge in [-0.1, -0.05) is 57.6 Å². The van der Waals surface area contributed by atoms with E-state index in [1.807, 2.05) is 0 Å². The minimum Gasteiger partial charge on any atom is -0.491 e. The molecule has 1 nitrogen and oxygen atoms in total. The molecule has 0 spiro atoms. The van der Waals surface area contributed by atoms with Crippen LogP contribution in [0.1, 0.15) is 122 Å². The van der Waals surface area contributed by atoms with E-state index in [0.29, 0.717) is 18.1 Å². The number of hydrogen-bond acceptors (Lipinski definition) is 1. The fourth-order valence-electron chi connectivity index (χ4n) is 7.71. The second kappa shape index (κ2) is 14.0. The predicted molar refractivity (Wildman–Crippen MR) is 147 cm³/mol. The van der Waals surface area contributed by atoms with Crippen molar-refractivity contribution in [3.05, 3.63) is 35.4 Å². The molecule has 0 unspecified atom stereocenters. The van der Waals surface area contributed by atoms with E-state index >= 15 is 0 Å². The van der Waals surface area contributed by atoms with Crippen LogP contribution in [0.25, 0.3) is 6.08 Å². The lowest BCUT2D eigenvalue weighted by Gasteiger charge is -2.41. The highest BCUT2D eigenvalue weighted by Crippen LogP contribution is 2.46. The molecule has 3 saturated carbocycles. The summed E-state index contributed by atoms with van der Waals surface area (Å²) in [7, 11) is 0. The number of halogens is 2. The molecule has 0 bridgehead atoms. The Morgan fingerprint density at radius 2 is 1.28 bits per heavy atom. The van der Waals surface area contributed by atoms with Crippen LogP contribution in [0.2, 0.25) is 0 Å². The minimum atomic E-state index is -0.877. The summed E-state index contributed by atoms with van der Waals surface area (Å²) in [4.78, 5) is 0. The third kappa shape index (κ3) is 7.35. The topological polar surface area (TPSA) is 9.23 Å². The maximum atomic E-state index is 14.4. The van der Waals surface area contributed by atoms with Gasteiger partial charge in [-0.05, 0) is 119 Å².